The molecule has 4 aromatic rings. The molecule has 160 valence electrons. The van der Waals surface area contributed by atoms with Gasteiger partial charge in [0.1, 0.15) is 5.82 Å². The van der Waals surface area contributed by atoms with Crippen molar-refractivity contribution in [1.82, 2.24) is 18.7 Å². The second kappa shape index (κ2) is 8.73. The molecule has 0 atom stereocenters. The number of aliphatic hydroxyl groups excluding tert-OH is 1. The van der Waals surface area contributed by atoms with Crippen LogP contribution in [0.15, 0.2) is 64.2 Å². The van der Waals surface area contributed by atoms with Crippen molar-refractivity contribution in [3.8, 4) is 11.4 Å². The monoisotopic (exact) mass is 418 g/mol. The van der Waals surface area contributed by atoms with Crippen LogP contribution in [0.5, 0.6) is 0 Å². The minimum atomic E-state index is -0.427. The minimum Gasteiger partial charge on any atom is -0.396 e. The molecule has 0 radical (unpaired) electrons. The molecule has 2 aromatic heterocycles. The standard InChI is InChI=1S/C24H26N4O3/c1-3-17-11-7-12-19(15-17)21-25-22-20(28(21)16-18-9-5-4-6-10-18)23(30)27(13-8-14-29)24(31)26(22)2/h4-7,9-12,15,29H,3,8,13-14,16H2,1-2H3. The summed E-state index contributed by atoms with van der Waals surface area (Å²) in [6.07, 6.45) is 1.22. The molecule has 0 spiro atoms. The summed E-state index contributed by atoms with van der Waals surface area (Å²) in [5.74, 6) is 0.654. The molecule has 0 aliphatic carbocycles. The summed E-state index contributed by atoms with van der Waals surface area (Å²) in [5.41, 5.74) is 3.05. The highest BCUT2D eigenvalue weighted by Crippen LogP contribution is 2.25. The Labute approximate surface area is 179 Å². The second-order valence-corrected chi connectivity index (χ2v) is 7.61. The van der Waals surface area contributed by atoms with E-state index in [-0.39, 0.29) is 18.7 Å². The third kappa shape index (κ3) is 3.84. The third-order valence-corrected chi connectivity index (χ3v) is 5.55. The highest BCUT2D eigenvalue weighted by atomic mass is 16.3. The fourth-order valence-electron chi connectivity index (χ4n) is 3.87. The molecule has 4 rings (SSSR count). The molecule has 1 N–H and O–H groups in total. The predicted octanol–water partition coefficient (Wildman–Crippen LogP) is 2.56. The van der Waals surface area contributed by atoms with E-state index in [9.17, 15) is 14.7 Å². The van der Waals surface area contributed by atoms with Gasteiger partial charge in [-0.1, -0.05) is 55.5 Å². The Bertz CT molecular complexity index is 1330. The molecule has 0 amide bonds. The van der Waals surface area contributed by atoms with Crippen molar-refractivity contribution in [2.75, 3.05) is 6.61 Å². The van der Waals surface area contributed by atoms with Gasteiger partial charge in [-0.15, -0.1) is 0 Å². The van der Waals surface area contributed by atoms with Crippen molar-refractivity contribution in [2.24, 2.45) is 7.05 Å². The molecular weight excluding hydrogens is 392 g/mol. The minimum absolute atomic E-state index is 0.0913. The zero-order valence-electron chi connectivity index (χ0n) is 17.8. The van der Waals surface area contributed by atoms with Crippen LogP contribution >= 0.6 is 0 Å². The Morgan fingerprint density at radius 1 is 0.968 bits per heavy atom. The zero-order chi connectivity index (χ0) is 22.0. The first kappa shape index (κ1) is 20.8. The summed E-state index contributed by atoms with van der Waals surface area (Å²) in [4.78, 5) is 31.0. The topological polar surface area (TPSA) is 82.1 Å². The number of aryl methyl sites for hydroxylation is 2. The lowest BCUT2D eigenvalue weighted by Gasteiger charge is -2.11. The van der Waals surface area contributed by atoms with Gasteiger partial charge in [-0.2, -0.15) is 0 Å². The quantitative estimate of drug-likeness (QED) is 0.500. The largest absolute Gasteiger partial charge is 0.396 e. The van der Waals surface area contributed by atoms with Crippen molar-refractivity contribution >= 4 is 11.2 Å². The lowest BCUT2D eigenvalue weighted by atomic mass is 10.1. The fourth-order valence-corrected chi connectivity index (χ4v) is 3.87. The SMILES string of the molecule is CCc1cccc(-c2nc3c(c(=O)n(CCCO)c(=O)n3C)n2Cc2ccccc2)c1. The van der Waals surface area contributed by atoms with Crippen molar-refractivity contribution in [3.05, 3.63) is 86.6 Å². The highest BCUT2D eigenvalue weighted by Gasteiger charge is 2.21. The molecule has 2 aromatic carbocycles. The lowest BCUT2D eigenvalue weighted by Crippen LogP contribution is -2.39. The predicted molar refractivity (Wildman–Crippen MR) is 121 cm³/mol. The molecule has 0 saturated heterocycles. The lowest BCUT2D eigenvalue weighted by molar-refractivity contribution is 0.277. The Hall–Kier alpha value is -3.45. The first-order valence-corrected chi connectivity index (χ1v) is 10.5. The van der Waals surface area contributed by atoms with Crippen LogP contribution in [0.2, 0.25) is 0 Å². The molecule has 0 fully saturated rings. The Morgan fingerprint density at radius 2 is 1.71 bits per heavy atom. The van der Waals surface area contributed by atoms with Crippen molar-refractivity contribution in [3.63, 3.8) is 0 Å². The van der Waals surface area contributed by atoms with E-state index in [2.05, 4.69) is 19.1 Å². The summed E-state index contributed by atoms with van der Waals surface area (Å²) < 4.78 is 4.51. The average Bonchev–Trinajstić information content (AvgIpc) is 3.18. The summed E-state index contributed by atoms with van der Waals surface area (Å²) in [7, 11) is 1.63. The summed E-state index contributed by atoms with van der Waals surface area (Å²) >= 11 is 0. The van der Waals surface area contributed by atoms with Crippen LogP contribution in [0.25, 0.3) is 22.6 Å². The van der Waals surface area contributed by atoms with Gasteiger partial charge in [0.25, 0.3) is 5.56 Å². The number of rotatable bonds is 7. The Kier molecular flexibility index (Phi) is 5.86. The number of hydrogen-bond donors (Lipinski definition) is 1. The molecule has 7 heteroatoms. The molecule has 0 aliphatic rings. The van der Waals surface area contributed by atoms with Crippen LogP contribution in [0.1, 0.15) is 24.5 Å². The maximum atomic E-state index is 13.4. The Balaban J connectivity index is 2.03. The molecule has 0 bridgehead atoms. The third-order valence-electron chi connectivity index (χ3n) is 5.55. The zero-order valence-corrected chi connectivity index (χ0v) is 17.8. The maximum absolute atomic E-state index is 13.4. The molecule has 0 saturated carbocycles. The van der Waals surface area contributed by atoms with Crippen LogP contribution in [-0.4, -0.2) is 30.4 Å². The number of aliphatic hydroxyl groups is 1. The van der Waals surface area contributed by atoms with Gasteiger partial charge in [0.2, 0.25) is 0 Å². The molecular formula is C24H26N4O3. The fraction of sp³-hybridized carbons (Fsp3) is 0.292. The average molecular weight is 418 g/mol. The number of fused-ring (bicyclic) bond motifs is 1. The van der Waals surface area contributed by atoms with E-state index >= 15 is 0 Å². The number of benzene rings is 2. The van der Waals surface area contributed by atoms with E-state index in [1.165, 1.54) is 14.7 Å². The normalized spacial score (nSPS) is 11.3. The summed E-state index contributed by atoms with van der Waals surface area (Å²) in [6.45, 7) is 2.62. The molecule has 0 unspecified atom stereocenters. The molecule has 0 aliphatic heterocycles. The van der Waals surface area contributed by atoms with Gasteiger partial charge in [-0.05, 0) is 30.0 Å². The van der Waals surface area contributed by atoms with Crippen LogP contribution in [0.4, 0.5) is 0 Å². The van der Waals surface area contributed by atoms with E-state index < -0.39 is 5.69 Å². The van der Waals surface area contributed by atoms with Crippen LogP contribution in [-0.2, 0) is 26.6 Å². The van der Waals surface area contributed by atoms with E-state index in [0.29, 0.717) is 30.0 Å². The molecule has 31 heavy (non-hydrogen) atoms. The van der Waals surface area contributed by atoms with Gasteiger partial charge in [-0.3, -0.25) is 13.9 Å². The van der Waals surface area contributed by atoms with Crippen molar-refractivity contribution < 1.29 is 5.11 Å². The Morgan fingerprint density at radius 3 is 2.42 bits per heavy atom. The van der Waals surface area contributed by atoms with Gasteiger partial charge in [-0.25, -0.2) is 9.78 Å². The van der Waals surface area contributed by atoms with Crippen LogP contribution in [0.3, 0.4) is 0 Å². The first-order chi connectivity index (χ1) is 15.0. The van der Waals surface area contributed by atoms with Crippen molar-refractivity contribution in [1.29, 1.82) is 0 Å². The van der Waals surface area contributed by atoms with Gasteiger partial charge < -0.3 is 9.67 Å². The van der Waals surface area contributed by atoms with Gasteiger partial charge in [0, 0.05) is 32.3 Å². The van der Waals surface area contributed by atoms with E-state index in [0.717, 1.165) is 17.5 Å². The molecule has 7 nitrogen and oxygen atoms in total. The van der Waals surface area contributed by atoms with E-state index in [1.54, 1.807) is 7.05 Å². The van der Waals surface area contributed by atoms with E-state index in [4.69, 9.17) is 4.98 Å². The van der Waals surface area contributed by atoms with Crippen molar-refractivity contribution in [2.45, 2.75) is 32.9 Å². The first-order valence-electron chi connectivity index (χ1n) is 10.5. The van der Waals surface area contributed by atoms with Gasteiger partial charge in [0.05, 0.1) is 0 Å². The number of nitrogens with zero attached hydrogens (tertiary/aromatic N) is 4. The summed E-state index contributed by atoms with van der Waals surface area (Å²) in [5, 5.41) is 9.20. The molecule has 2 heterocycles. The van der Waals surface area contributed by atoms with Gasteiger partial charge in [0.15, 0.2) is 11.2 Å². The second-order valence-electron chi connectivity index (χ2n) is 7.61. The van der Waals surface area contributed by atoms with Crippen LogP contribution in [0, 0.1) is 0 Å². The smallest absolute Gasteiger partial charge is 0.332 e. The van der Waals surface area contributed by atoms with E-state index in [1.807, 2.05) is 47.0 Å². The van der Waals surface area contributed by atoms with Gasteiger partial charge >= 0.3 is 5.69 Å². The maximum Gasteiger partial charge on any atom is 0.332 e. The van der Waals surface area contributed by atoms with Crippen LogP contribution < -0.4 is 11.2 Å². The number of aromatic nitrogens is 4. The number of imidazole rings is 1. The highest BCUT2D eigenvalue weighted by molar-refractivity contribution is 5.77. The summed E-state index contributed by atoms with van der Waals surface area (Å²) in [6, 6.07) is 18.0. The number of hydrogen-bond acceptors (Lipinski definition) is 4.